The second kappa shape index (κ2) is 8.21. The van der Waals surface area contributed by atoms with Gasteiger partial charge in [-0.05, 0) is 19.3 Å². The minimum absolute atomic E-state index is 0.0850. The zero-order valence-electron chi connectivity index (χ0n) is 12.2. The molecule has 1 aliphatic rings. The average Bonchev–Trinajstić information content (AvgIpc) is 2.39. The van der Waals surface area contributed by atoms with Crippen LogP contribution >= 0.6 is 0 Å². The molecule has 0 saturated carbocycles. The van der Waals surface area contributed by atoms with Crippen molar-refractivity contribution in [1.82, 2.24) is 5.06 Å². The Balaban J connectivity index is 2.50. The molecule has 0 aromatic heterocycles. The van der Waals surface area contributed by atoms with Gasteiger partial charge >= 0.3 is 5.97 Å². The standard InChI is InChI=1S/C14H25NO5/c1-3-4-5-13(17)8-12-6-11(9-20-10(2)16)7-14(18)15(12)19/h11-13,17,19H,3-9H2,1-2H3/t11-,12+,13+/m0/s1. The molecule has 3 atom stereocenters. The summed E-state index contributed by atoms with van der Waals surface area (Å²) in [6, 6.07) is -0.399. The molecule has 0 aliphatic carbocycles. The van der Waals surface area contributed by atoms with Gasteiger partial charge in [0.15, 0.2) is 0 Å². The minimum atomic E-state index is -0.519. The van der Waals surface area contributed by atoms with E-state index < -0.39 is 12.1 Å². The van der Waals surface area contributed by atoms with Crippen LogP contribution in [0.25, 0.3) is 0 Å². The van der Waals surface area contributed by atoms with Crippen LogP contribution in [0.15, 0.2) is 0 Å². The van der Waals surface area contributed by atoms with E-state index >= 15 is 0 Å². The van der Waals surface area contributed by atoms with Gasteiger partial charge in [0.05, 0.1) is 18.8 Å². The molecule has 0 spiro atoms. The molecule has 0 aromatic rings. The number of hydrogen-bond donors (Lipinski definition) is 2. The summed E-state index contributed by atoms with van der Waals surface area (Å²) in [5.74, 6) is -0.831. The first-order valence-corrected chi connectivity index (χ1v) is 7.26. The highest BCUT2D eigenvalue weighted by Gasteiger charge is 2.34. The highest BCUT2D eigenvalue weighted by molar-refractivity contribution is 5.76. The third-order valence-corrected chi connectivity index (χ3v) is 3.63. The van der Waals surface area contributed by atoms with Crippen molar-refractivity contribution in [2.45, 2.75) is 64.5 Å². The predicted molar refractivity (Wildman–Crippen MR) is 71.9 cm³/mol. The Morgan fingerprint density at radius 3 is 2.85 bits per heavy atom. The van der Waals surface area contributed by atoms with Gasteiger partial charge in [-0.1, -0.05) is 19.8 Å². The number of ether oxygens (including phenoxy) is 1. The van der Waals surface area contributed by atoms with Crippen molar-refractivity contribution >= 4 is 11.9 Å². The lowest BCUT2D eigenvalue weighted by Gasteiger charge is -2.35. The van der Waals surface area contributed by atoms with Gasteiger partial charge in [0.2, 0.25) is 5.91 Å². The molecule has 20 heavy (non-hydrogen) atoms. The largest absolute Gasteiger partial charge is 0.466 e. The summed E-state index contributed by atoms with van der Waals surface area (Å²) in [7, 11) is 0. The first-order chi connectivity index (χ1) is 9.43. The third kappa shape index (κ3) is 5.46. The number of aliphatic hydroxyl groups excluding tert-OH is 1. The van der Waals surface area contributed by atoms with Crippen molar-refractivity contribution in [3.63, 3.8) is 0 Å². The van der Waals surface area contributed by atoms with Crippen LogP contribution < -0.4 is 0 Å². The molecule has 1 amide bonds. The van der Waals surface area contributed by atoms with Gasteiger partial charge in [0.25, 0.3) is 0 Å². The molecule has 6 heteroatoms. The van der Waals surface area contributed by atoms with Crippen LogP contribution in [-0.4, -0.2) is 46.0 Å². The topological polar surface area (TPSA) is 87.1 Å². The normalized spacial score (nSPS) is 24.6. The molecule has 1 fully saturated rings. The number of rotatable bonds is 7. The van der Waals surface area contributed by atoms with Gasteiger partial charge < -0.3 is 9.84 Å². The van der Waals surface area contributed by atoms with E-state index in [0.717, 1.165) is 17.9 Å². The number of piperidine rings is 1. The van der Waals surface area contributed by atoms with E-state index in [1.807, 2.05) is 6.92 Å². The van der Waals surface area contributed by atoms with Gasteiger partial charge in [-0.15, -0.1) is 0 Å². The van der Waals surface area contributed by atoms with E-state index in [1.54, 1.807) is 0 Å². The first kappa shape index (κ1) is 16.9. The Hall–Kier alpha value is -1.14. The van der Waals surface area contributed by atoms with Crippen LogP contribution in [-0.2, 0) is 14.3 Å². The molecular weight excluding hydrogens is 262 g/mol. The number of nitrogens with zero attached hydrogens (tertiary/aromatic N) is 1. The number of aliphatic hydroxyl groups is 1. The summed E-state index contributed by atoms with van der Waals surface area (Å²) in [6.45, 7) is 3.57. The van der Waals surface area contributed by atoms with Gasteiger partial charge in [0.1, 0.15) is 0 Å². The molecule has 0 aromatic carbocycles. The maximum Gasteiger partial charge on any atom is 0.302 e. The smallest absolute Gasteiger partial charge is 0.302 e. The molecule has 1 aliphatic heterocycles. The Morgan fingerprint density at radius 2 is 2.25 bits per heavy atom. The van der Waals surface area contributed by atoms with Crippen molar-refractivity contribution in [2.75, 3.05) is 6.61 Å². The fourth-order valence-corrected chi connectivity index (χ4v) is 2.54. The van der Waals surface area contributed by atoms with Crippen LogP contribution in [0.2, 0.25) is 0 Å². The fraction of sp³-hybridized carbons (Fsp3) is 0.857. The Labute approximate surface area is 119 Å². The number of unbranched alkanes of at least 4 members (excludes halogenated alkanes) is 1. The van der Waals surface area contributed by atoms with Crippen molar-refractivity contribution in [2.24, 2.45) is 5.92 Å². The van der Waals surface area contributed by atoms with Crippen LogP contribution in [0, 0.1) is 5.92 Å². The maximum absolute atomic E-state index is 11.7. The summed E-state index contributed by atoms with van der Waals surface area (Å²) in [5, 5.41) is 20.4. The molecule has 0 unspecified atom stereocenters. The Bertz CT molecular complexity index is 334. The van der Waals surface area contributed by atoms with Crippen molar-refractivity contribution in [3.05, 3.63) is 0 Å². The van der Waals surface area contributed by atoms with Crippen molar-refractivity contribution in [1.29, 1.82) is 0 Å². The van der Waals surface area contributed by atoms with Crippen molar-refractivity contribution in [3.8, 4) is 0 Å². The SMILES string of the molecule is CCCC[C@@H](O)C[C@H]1C[C@H](COC(C)=O)CC(=O)N1O. The number of carbonyl (C=O) groups excluding carboxylic acids is 2. The lowest BCUT2D eigenvalue weighted by molar-refractivity contribution is -0.190. The van der Waals surface area contributed by atoms with Crippen molar-refractivity contribution < 1.29 is 24.6 Å². The highest BCUT2D eigenvalue weighted by Crippen LogP contribution is 2.26. The average molecular weight is 287 g/mol. The van der Waals surface area contributed by atoms with Gasteiger partial charge in [0, 0.05) is 19.3 Å². The summed E-state index contributed by atoms with van der Waals surface area (Å²) < 4.78 is 4.93. The van der Waals surface area contributed by atoms with E-state index in [9.17, 15) is 19.9 Å². The molecule has 6 nitrogen and oxygen atoms in total. The van der Waals surface area contributed by atoms with Crippen LogP contribution in [0.4, 0.5) is 0 Å². The quantitative estimate of drug-likeness (QED) is 0.547. The van der Waals surface area contributed by atoms with E-state index in [-0.39, 0.29) is 30.8 Å². The zero-order valence-corrected chi connectivity index (χ0v) is 12.2. The second-order valence-corrected chi connectivity index (χ2v) is 5.53. The summed E-state index contributed by atoms with van der Waals surface area (Å²) in [4.78, 5) is 22.5. The maximum atomic E-state index is 11.7. The molecule has 0 radical (unpaired) electrons. The number of amides is 1. The molecular formula is C14H25NO5. The summed E-state index contributed by atoms with van der Waals surface area (Å²) in [5.41, 5.74) is 0. The van der Waals surface area contributed by atoms with E-state index in [1.165, 1.54) is 6.92 Å². The van der Waals surface area contributed by atoms with E-state index in [0.29, 0.717) is 19.3 Å². The summed E-state index contributed by atoms with van der Waals surface area (Å²) >= 11 is 0. The molecule has 1 rings (SSSR count). The molecule has 1 saturated heterocycles. The van der Waals surface area contributed by atoms with Crippen LogP contribution in [0.1, 0.15) is 52.4 Å². The molecule has 0 bridgehead atoms. The predicted octanol–water partition coefficient (Wildman–Crippen LogP) is 1.49. The minimum Gasteiger partial charge on any atom is -0.466 e. The Morgan fingerprint density at radius 1 is 1.55 bits per heavy atom. The Kier molecular flexibility index (Phi) is 6.95. The number of esters is 1. The third-order valence-electron chi connectivity index (χ3n) is 3.63. The van der Waals surface area contributed by atoms with E-state index in [4.69, 9.17) is 4.74 Å². The molecule has 1 heterocycles. The molecule has 116 valence electrons. The lowest BCUT2D eigenvalue weighted by Crippen LogP contribution is -2.46. The number of hydrogen-bond acceptors (Lipinski definition) is 5. The first-order valence-electron chi connectivity index (χ1n) is 7.26. The fourth-order valence-electron chi connectivity index (χ4n) is 2.54. The van der Waals surface area contributed by atoms with Crippen LogP contribution in [0.5, 0.6) is 0 Å². The number of hydroxylamine groups is 2. The number of carbonyl (C=O) groups is 2. The van der Waals surface area contributed by atoms with Gasteiger partial charge in [-0.25, -0.2) is 5.06 Å². The second-order valence-electron chi connectivity index (χ2n) is 5.53. The molecule has 2 N–H and O–H groups in total. The van der Waals surface area contributed by atoms with E-state index in [2.05, 4.69) is 0 Å². The van der Waals surface area contributed by atoms with Gasteiger partial charge in [-0.3, -0.25) is 14.8 Å². The lowest BCUT2D eigenvalue weighted by atomic mass is 9.88. The summed E-state index contributed by atoms with van der Waals surface area (Å²) in [6.07, 6.45) is 3.14. The zero-order chi connectivity index (χ0) is 15.1. The van der Waals surface area contributed by atoms with Gasteiger partial charge in [-0.2, -0.15) is 0 Å². The monoisotopic (exact) mass is 287 g/mol. The highest BCUT2D eigenvalue weighted by atomic mass is 16.5. The van der Waals surface area contributed by atoms with Crippen LogP contribution in [0.3, 0.4) is 0 Å².